The maximum absolute atomic E-state index is 13.8. The Morgan fingerprint density at radius 3 is 2.23 bits per heavy atom. The van der Waals surface area contributed by atoms with Gasteiger partial charge in [-0.05, 0) is 54.2 Å². The van der Waals surface area contributed by atoms with Gasteiger partial charge in [-0.2, -0.15) is 0 Å². The average molecular weight is 655 g/mol. The van der Waals surface area contributed by atoms with E-state index in [0.717, 1.165) is 27.8 Å². The van der Waals surface area contributed by atoms with Gasteiger partial charge in [-0.15, -0.1) is 0 Å². The molecule has 1 fully saturated rings. The second-order valence-corrected chi connectivity index (χ2v) is 12.7. The molecule has 0 amide bonds. The number of hydrogen-bond donors (Lipinski definition) is 0. The van der Waals surface area contributed by atoms with E-state index in [2.05, 4.69) is 22.2 Å². The molecule has 1 atom stereocenters. The van der Waals surface area contributed by atoms with Gasteiger partial charge in [0.25, 0.3) is 0 Å². The first-order valence-electron chi connectivity index (χ1n) is 15.7. The number of thiocarbonyl (C=S) groups is 1. The average Bonchev–Trinajstić information content (AvgIpc) is 3.43. The van der Waals surface area contributed by atoms with Crippen LogP contribution in [0.3, 0.4) is 0 Å². The van der Waals surface area contributed by atoms with Crippen LogP contribution in [-0.4, -0.2) is 77.9 Å². The van der Waals surface area contributed by atoms with Crippen molar-refractivity contribution in [1.82, 2.24) is 4.90 Å². The third-order valence-electron chi connectivity index (χ3n) is 8.85. The normalized spacial score (nSPS) is 16.2. The molecule has 9 nitrogen and oxygen atoms in total. The highest BCUT2D eigenvalue weighted by Crippen LogP contribution is 2.48. The molecule has 1 heterocycles. The Balaban J connectivity index is 1.42. The molecule has 1 aliphatic heterocycles. The molecule has 3 aromatic rings. The molecule has 10 heteroatoms. The number of rotatable bonds is 12. The third kappa shape index (κ3) is 7.30. The monoisotopic (exact) mass is 654 g/mol. The zero-order valence-corrected chi connectivity index (χ0v) is 27.9. The summed E-state index contributed by atoms with van der Waals surface area (Å²) < 4.78 is 10.2. The Morgan fingerprint density at radius 1 is 0.894 bits per heavy atom. The van der Waals surface area contributed by atoms with Gasteiger partial charge in [0.15, 0.2) is 5.78 Å². The molecule has 5 rings (SSSR count). The number of ether oxygens (including phenoxy) is 2. The smallest absolute Gasteiger partial charge is 0.339 e. The van der Waals surface area contributed by atoms with Crippen molar-refractivity contribution in [2.45, 2.75) is 51.5 Å². The van der Waals surface area contributed by atoms with Crippen molar-refractivity contribution in [3.05, 3.63) is 94.5 Å². The summed E-state index contributed by atoms with van der Waals surface area (Å²) in [5, 5.41) is 3.72. The molecular formula is C37H38N2O7S. The summed E-state index contributed by atoms with van der Waals surface area (Å²) in [6.45, 7) is 8.41. The van der Waals surface area contributed by atoms with Crippen LogP contribution in [0.25, 0.3) is 11.1 Å². The maximum Gasteiger partial charge on any atom is 0.339 e. The fourth-order valence-corrected chi connectivity index (χ4v) is 6.22. The number of benzene rings is 3. The topological polar surface area (TPSA) is 112 Å². The third-order valence-corrected chi connectivity index (χ3v) is 9.28. The lowest BCUT2D eigenvalue weighted by Gasteiger charge is -2.39. The molecule has 0 radical (unpaired) electrons. The van der Waals surface area contributed by atoms with Gasteiger partial charge >= 0.3 is 11.9 Å². The molecule has 1 saturated heterocycles. The van der Waals surface area contributed by atoms with Crippen molar-refractivity contribution in [1.29, 1.82) is 0 Å². The molecule has 1 unspecified atom stereocenters. The lowest BCUT2D eigenvalue weighted by molar-refractivity contribution is -0.143. The predicted molar refractivity (Wildman–Crippen MR) is 182 cm³/mol. The first-order valence-corrected chi connectivity index (χ1v) is 16.1. The largest absolute Gasteiger partial charge is 0.469 e. The summed E-state index contributed by atoms with van der Waals surface area (Å²) in [7, 11) is 1.20. The van der Waals surface area contributed by atoms with Crippen LogP contribution < -0.4 is 0 Å². The van der Waals surface area contributed by atoms with E-state index in [1.807, 2.05) is 63.2 Å². The van der Waals surface area contributed by atoms with Crippen molar-refractivity contribution in [3.63, 3.8) is 0 Å². The van der Waals surface area contributed by atoms with Crippen molar-refractivity contribution in [3.8, 4) is 11.1 Å². The molecule has 1 aliphatic carbocycles. The Kier molecular flexibility index (Phi) is 10.5. The summed E-state index contributed by atoms with van der Waals surface area (Å²) >= 11 is 5.08. The number of oxime groups is 1. The number of carbonyl (C=O) groups is 4. The zero-order valence-electron chi connectivity index (χ0n) is 27.0. The Morgan fingerprint density at radius 2 is 1.55 bits per heavy atom. The maximum atomic E-state index is 13.8. The SMILES string of the molecule is CCC(=S)CC(=O)O/N=C(\CC(=O)OC)C(=O)c1ccc(C2c3ccccc3-c3cc(C(=O)C(C)(C)N4CCOCC4)ccc32)cc1. The number of esters is 1. The second-order valence-electron chi connectivity index (χ2n) is 12.1. The number of fused-ring (bicyclic) bond motifs is 3. The lowest BCUT2D eigenvalue weighted by atomic mass is 9.86. The van der Waals surface area contributed by atoms with Gasteiger partial charge in [0.05, 0.1) is 38.7 Å². The van der Waals surface area contributed by atoms with E-state index in [-0.39, 0.29) is 29.4 Å². The Labute approximate surface area is 279 Å². The molecule has 2 aliphatic rings. The van der Waals surface area contributed by atoms with Gasteiger partial charge in [0, 0.05) is 35.0 Å². The molecule has 3 aromatic carbocycles. The summed E-state index contributed by atoms with van der Waals surface area (Å²) in [6, 6.07) is 21.1. The number of hydrogen-bond acceptors (Lipinski definition) is 10. The van der Waals surface area contributed by atoms with Gasteiger partial charge in [0.1, 0.15) is 5.71 Å². The van der Waals surface area contributed by atoms with Crippen LogP contribution in [0.15, 0.2) is 71.9 Å². The van der Waals surface area contributed by atoms with Crippen LogP contribution in [0.5, 0.6) is 0 Å². The van der Waals surface area contributed by atoms with Gasteiger partial charge < -0.3 is 14.3 Å². The molecule has 244 valence electrons. The minimum atomic E-state index is -0.713. The molecule has 0 N–H and O–H groups in total. The van der Waals surface area contributed by atoms with Gasteiger partial charge in [0.2, 0.25) is 5.78 Å². The van der Waals surface area contributed by atoms with Crippen molar-refractivity contribution in [2.75, 3.05) is 33.4 Å². The molecule has 0 saturated carbocycles. The van der Waals surface area contributed by atoms with Crippen LogP contribution in [0.2, 0.25) is 0 Å². The highest BCUT2D eigenvalue weighted by molar-refractivity contribution is 7.80. The van der Waals surface area contributed by atoms with E-state index in [4.69, 9.17) is 26.5 Å². The van der Waals surface area contributed by atoms with Crippen molar-refractivity contribution >= 4 is 46.3 Å². The van der Waals surface area contributed by atoms with E-state index in [1.54, 1.807) is 12.1 Å². The van der Waals surface area contributed by atoms with E-state index >= 15 is 0 Å². The first-order chi connectivity index (χ1) is 22.5. The van der Waals surface area contributed by atoms with Crippen LogP contribution in [-0.2, 0) is 23.9 Å². The lowest BCUT2D eigenvalue weighted by Crippen LogP contribution is -2.54. The summed E-state index contributed by atoms with van der Waals surface area (Å²) in [5.41, 5.74) is 5.18. The Hall–Kier alpha value is -4.38. The quantitative estimate of drug-likeness (QED) is 0.0457. The number of morpholine rings is 1. The summed E-state index contributed by atoms with van der Waals surface area (Å²) in [5.74, 6) is -2.02. The summed E-state index contributed by atoms with van der Waals surface area (Å²) in [6.07, 6.45) is -0.0541. The van der Waals surface area contributed by atoms with Gasteiger partial charge in [-0.3, -0.25) is 19.3 Å². The first kappa shape index (κ1) is 34.0. The second kappa shape index (κ2) is 14.6. The van der Waals surface area contributed by atoms with Crippen molar-refractivity contribution < 1.29 is 33.5 Å². The highest BCUT2D eigenvalue weighted by Gasteiger charge is 2.37. The molecule has 0 spiro atoms. The number of methoxy groups -OCH3 is 1. The Bertz CT molecular complexity index is 1740. The minimum Gasteiger partial charge on any atom is -0.469 e. The van der Waals surface area contributed by atoms with Crippen molar-refractivity contribution in [2.24, 2.45) is 5.16 Å². The minimum absolute atomic E-state index is 0.0640. The van der Waals surface area contributed by atoms with Crippen LogP contribution in [0.1, 0.15) is 83.4 Å². The van der Waals surface area contributed by atoms with E-state index in [9.17, 15) is 19.2 Å². The van der Waals surface area contributed by atoms with E-state index in [0.29, 0.717) is 43.2 Å². The molecule has 0 aromatic heterocycles. The van der Waals surface area contributed by atoms with Gasteiger partial charge in [-0.25, -0.2) is 4.79 Å². The van der Waals surface area contributed by atoms with Crippen LogP contribution in [0, 0.1) is 0 Å². The number of ketones is 2. The predicted octanol–water partition coefficient (Wildman–Crippen LogP) is 5.96. The number of Topliss-reactive ketones (excluding diaryl/α,β-unsaturated/α-hetero) is 2. The molecule has 0 bridgehead atoms. The number of nitrogens with zero attached hydrogens (tertiary/aromatic N) is 2. The molecular weight excluding hydrogens is 616 g/mol. The van der Waals surface area contributed by atoms with Gasteiger partial charge in [-0.1, -0.05) is 85.0 Å². The molecule has 47 heavy (non-hydrogen) atoms. The standard InChI is InChI=1S/C37H38N2O7S/c1-5-26(47)21-33(41)46-38-31(22-32(40)44-4)35(42)24-12-10-23(11-13-24)34-28-9-7-6-8-27(28)30-20-25(14-15-29(30)34)36(43)37(2,3)39-16-18-45-19-17-39/h6-15,20,34H,5,16-19,21-22H2,1-4H3/b38-31+. The fraction of sp³-hybridized carbons (Fsp3) is 0.351. The van der Waals surface area contributed by atoms with E-state index < -0.39 is 29.7 Å². The van der Waals surface area contributed by atoms with Crippen LogP contribution in [0.4, 0.5) is 0 Å². The number of carbonyl (C=O) groups excluding carboxylic acids is 4. The fourth-order valence-electron chi connectivity index (χ4n) is 6.10. The van der Waals surface area contributed by atoms with Crippen LogP contribution >= 0.6 is 12.2 Å². The zero-order chi connectivity index (χ0) is 33.7. The van der Waals surface area contributed by atoms with E-state index in [1.165, 1.54) is 7.11 Å². The summed E-state index contributed by atoms with van der Waals surface area (Å²) in [4.78, 5) is 59.0. The highest BCUT2D eigenvalue weighted by atomic mass is 32.1.